The van der Waals surface area contributed by atoms with E-state index in [1.54, 1.807) is 13.2 Å². The molecule has 0 atom stereocenters. The van der Waals surface area contributed by atoms with Crippen molar-refractivity contribution in [3.63, 3.8) is 0 Å². The van der Waals surface area contributed by atoms with Crippen molar-refractivity contribution in [2.75, 3.05) is 19.0 Å². The number of hydrogen-bond donors (Lipinski definition) is 1. The Balaban J connectivity index is 1.66. The van der Waals surface area contributed by atoms with Gasteiger partial charge in [-0.15, -0.1) is 0 Å². The maximum absolute atomic E-state index is 14.3. The van der Waals surface area contributed by atoms with Gasteiger partial charge in [-0.1, -0.05) is 24.3 Å². The van der Waals surface area contributed by atoms with Crippen molar-refractivity contribution in [2.45, 2.75) is 16.3 Å². The fourth-order valence-electron chi connectivity index (χ4n) is 3.19. The summed E-state index contributed by atoms with van der Waals surface area (Å²) < 4.78 is 64.8. The number of benzene rings is 3. The van der Waals surface area contributed by atoms with Gasteiger partial charge in [-0.2, -0.15) is 4.98 Å². The zero-order valence-electron chi connectivity index (χ0n) is 17.6. The summed E-state index contributed by atoms with van der Waals surface area (Å²) in [7, 11) is -2.58. The van der Waals surface area contributed by atoms with Gasteiger partial charge in [0.1, 0.15) is 17.4 Å². The summed E-state index contributed by atoms with van der Waals surface area (Å²) in [5, 5.41) is 2.55. The van der Waals surface area contributed by atoms with Crippen LogP contribution in [-0.2, 0) is 16.3 Å². The fourth-order valence-corrected chi connectivity index (χ4v) is 4.47. The number of rotatable bonds is 8. The van der Waals surface area contributed by atoms with Gasteiger partial charge in [0.05, 0.1) is 17.6 Å². The Morgan fingerprint density at radius 3 is 2.33 bits per heavy atom. The summed E-state index contributed by atoms with van der Waals surface area (Å²) >= 11 is 0. The van der Waals surface area contributed by atoms with Crippen LogP contribution in [-0.4, -0.2) is 27.1 Å². The van der Waals surface area contributed by atoms with E-state index in [0.717, 1.165) is 35.6 Å². The smallest absolute Gasteiger partial charge is 0.233 e. The lowest BCUT2D eigenvalue weighted by Gasteiger charge is -2.07. The predicted molar refractivity (Wildman–Crippen MR) is 119 cm³/mol. The maximum atomic E-state index is 14.3. The highest BCUT2D eigenvalue weighted by molar-refractivity contribution is 7.91. The molecule has 0 bridgehead atoms. The Hall–Kier alpha value is -3.72. The highest BCUT2D eigenvalue weighted by atomic mass is 32.2. The largest absolute Gasteiger partial charge is 0.497 e. The van der Waals surface area contributed by atoms with Crippen LogP contribution in [0.2, 0.25) is 0 Å². The van der Waals surface area contributed by atoms with Gasteiger partial charge in [0.2, 0.25) is 26.6 Å². The molecule has 1 aromatic heterocycles. The molecule has 33 heavy (non-hydrogen) atoms. The average Bonchev–Trinajstić information content (AvgIpc) is 3.25. The SMILES string of the molecule is COc1ccc(CCNc2oc(-c3ccccc3F)nc2S(=O)(=O)c2ccc(F)cc2)cc1. The van der Waals surface area contributed by atoms with Gasteiger partial charge in [-0.05, 0) is 60.5 Å². The van der Waals surface area contributed by atoms with Gasteiger partial charge in [0.25, 0.3) is 0 Å². The lowest BCUT2D eigenvalue weighted by atomic mass is 10.1. The summed E-state index contributed by atoms with van der Waals surface area (Å²) in [5.74, 6) is -0.746. The van der Waals surface area contributed by atoms with Crippen molar-refractivity contribution in [3.05, 3.63) is 90.0 Å². The number of hydrogen-bond acceptors (Lipinski definition) is 6. The number of anilines is 1. The van der Waals surface area contributed by atoms with Crippen molar-refractivity contribution >= 4 is 15.7 Å². The van der Waals surface area contributed by atoms with Crippen LogP contribution < -0.4 is 10.1 Å². The molecule has 0 aliphatic heterocycles. The summed E-state index contributed by atoms with van der Waals surface area (Å²) in [6.07, 6.45) is 0.551. The number of nitrogens with zero attached hydrogens (tertiary/aromatic N) is 1. The lowest BCUT2D eigenvalue weighted by Crippen LogP contribution is -2.10. The molecule has 0 saturated carbocycles. The van der Waals surface area contributed by atoms with Crippen LogP contribution in [0.25, 0.3) is 11.5 Å². The van der Waals surface area contributed by atoms with Gasteiger partial charge in [-0.25, -0.2) is 17.2 Å². The second-order valence-electron chi connectivity index (χ2n) is 7.12. The summed E-state index contributed by atoms with van der Waals surface area (Å²) in [5.41, 5.74) is 1.01. The van der Waals surface area contributed by atoms with Crippen LogP contribution in [0, 0.1) is 11.6 Å². The number of nitrogens with one attached hydrogen (secondary N) is 1. The molecular formula is C24H20F2N2O4S. The summed E-state index contributed by atoms with van der Waals surface area (Å²) in [6.45, 7) is 0.324. The number of methoxy groups -OCH3 is 1. The first kappa shape index (κ1) is 22.5. The monoisotopic (exact) mass is 470 g/mol. The van der Waals surface area contributed by atoms with E-state index in [1.807, 2.05) is 24.3 Å². The van der Waals surface area contributed by atoms with E-state index in [-0.39, 0.29) is 22.2 Å². The molecule has 0 aliphatic carbocycles. The van der Waals surface area contributed by atoms with Crippen LogP contribution in [0.1, 0.15) is 5.56 Å². The van der Waals surface area contributed by atoms with Crippen molar-refractivity contribution in [1.82, 2.24) is 4.98 Å². The Morgan fingerprint density at radius 2 is 1.67 bits per heavy atom. The molecule has 4 aromatic rings. The first-order valence-corrected chi connectivity index (χ1v) is 11.5. The summed E-state index contributed by atoms with van der Waals surface area (Å²) in [4.78, 5) is 3.94. The van der Waals surface area contributed by atoms with E-state index in [9.17, 15) is 17.2 Å². The molecule has 9 heteroatoms. The Bertz CT molecular complexity index is 1350. The van der Waals surface area contributed by atoms with E-state index in [2.05, 4.69) is 10.3 Å². The minimum atomic E-state index is -4.16. The van der Waals surface area contributed by atoms with Crippen LogP contribution >= 0.6 is 0 Å². The van der Waals surface area contributed by atoms with Gasteiger partial charge in [-0.3, -0.25) is 0 Å². The molecule has 0 spiro atoms. The number of halogens is 2. The first-order chi connectivity index (χ1) is 15.9. The molecule has 0 fully saturated rings. The first-order valence-electron chi connectivity index (χ1n) is 10.0. The second kappa shape index (κ2) is 9.41. The standard InChI is InChI=1S/C24H20F2N2O4S/c1-31-18-10-6-16(7-11-18)14-15-27-23-24(33(29,30)19-12-8-17(25)9-13-19)28-22(32-23)20-4-2-3-5-21(20)26/h2-13,27H,14-15H2,1H3. The molecule has 170 valence electrons. The Kier molecular flexibility index (Phi) is 6.41. The number of ether oxygens (including phenoxy) is 1. The quantitative estimate of drug-likeness (QED) is 0.360. The van der Waals surface area contributed by atoms with Crippen LogP contribution in [0.5, 0.6) is 5.75 Å². The molecule has 3 aromatic carbocycles. The summed E-state index contributed by atoms with van der Waals surface area (Å²) in [6, 6.07) is 17.6. The second-order valence-corrected chi connectivity index (χ2v) is 8.98. The molecule has 0 aliphatic rings. The zero-order valence-corrected chi connectivity index (χ0v) is 18.4. The predicted octanol–water partition coefficient (Wildman–Crippen LogP) is 5.12. The van der Waals surface area contributed by atoms with Crippen molar-refractivity contribution < 1.29 is 26.4 Å². The Labute approximate surface area is 189 Å². The van der Waals surface area contributed by atoms with E-state index < -0.39 is 26.5 Å². The Morgan fingerprint density at radius 1 is 0.970 bits per heavy atom. The molecule has 0 radical (unpaired) electrons. The van der Waals surface area contributed by atoms with E-state index in [0.29, 0.717) is 13.0 Å². The number of aromatic nitrogens is 1. The molecule has 6 nitrogen and oxygen atoms in total. The lowest BCUT2D eigenvalue weighted by molar-refractivity contribution is 0.414. The molecule has 0 amide bonds. The highest BCUT2D eigenvalue weighted by Crippen LogP contribution is 2.33. The molecule has 0 unspecified atom stereocenters. The molecule has 0 saturated heterocycles. The fraction of sp³-hybridized carbons (Fsp3) is 0.125. The van der Waals surface area contributed by atoms with Gasteiger partial charge in [0.15, 0.2) is 0 Å². The van der Waals surface area contributed by atoms with E-state index in [1.165, 1.54) is 18.2 Å². The third kappa shape index (κ3) is 4.88. The van der Waals surface area contributed by atoms with E-state index >= 15 is 0 Å². The van der Waals surface area contributed by atoms with Crippen LogP contribution in [0.15, 0.2) is 87.1 Å². The topological polar surface area (TPSA) is 81.4 Å². The van der Waals surface area contributed by atoms with Gasteiger partial charge in [0, 0.05) is 6.54 Å². The van der Waals surface area contributed by atoms with Crippen molar-refractivity contribution in [3.8, 4) is 17.2 Å². The molecule has 1 heterocycles. The maximum Gasteiger partial charge on any atom is 0.233 e. The van der Waals surface area contributed by atoms with Crippen molar-refractivity contribution in [1.29, 1.82) is 0 Å². The minimum Gasteiger partial charge on any atom is -0.497 e. The third-order valence-corrected chi connectivity index (χ3v) is 6.62. The molecule has 4 rings (SSSR count). The zero-order chi connectivity index (χ0) is 23.4. The number of oxazole rings is 1. The normalized spacial score (nSPS) is 11.4. The van der Waals surface area contributed by atoms with E-state index in [4.69, 9.17) is 9.15 Å². The third-order valence-electron chi connectivity index (χ3n) is 4.94. The van der Waals surface area contributed by atoms with Crippen LogP contribution in [0.4, 0.5) is 14.7 Å². The minimum absolute atomic E-state index is 0.0243. The van der Waals surface area contributed by atoms with Crippen molar-refractivity contribution in [2.24, 2.45) is 0 Å². The number of sulfone groups is 1. The molecule has 1 N–H and O–H groups in total. The highest BCUT2D eigenvalue weighted by Gasteiger charge is 2.29. The molecular weight excluding hydrogens is 450 g/mol. The van der Waals surface area contributed by atoms with Gasteiger partial charge >= 0.3 is 0 Å². The van der Waals surface area contributed by atoms with Crippen LogP contribution in [0.3, 0.4) is 0 Å². The average molecular weight is 470 g/mol. The van der Waals surface area contributed by atoms with Gasteiger partial charge < -0.3 is 14.5 Å².